The van der Waals surface area contributed by atoms with Gasteiger partial charge in [-0.25, -0.2) is 9.97 Å². The van der Waals surface area contributed by atoms with Crippen LogP contribution >= 0.6 is 23.1 Å². The zero-order chi connectivity index (χ0) is 19.0. The number of thioether (sulfide) groups is 1. The maximum absolute atomic E-state index is 12.9. The topological polar surface area (TPSA) is 61.3 Å². The first kappa shape index (κ1) is 18.3. The number of ether oxygens (including phenoxy) is 2. The van der Waals surface area contributed by atoms with Crippen LogP contribution in [0.4, 0.5) is 0 Å². The summed E-state index contributed by atoms with van der Waals surface area (Å²) in [5.74, 6) is 2.23. The maximum Gasteiger partial charge on any atom is 0.176 e. The SMILES string of the molecule is COc1ccc(OC)c(C(=O)CSc2nc(C)nc3sc4c(c23)CCC4)c1. The standard InChI is InChI=1S/C20H20N2O3S2/c1-11-21-19(18-13-5-4-6-17(13)27-20(18)22-11)26-10-15(23)14-9-12(24-2)7-8-16(14)25-3/h7-9H,4-6,10H2,1-3H3. The number of carbonyl (C=O) groups excluding carboxylic acids is 1. The van der Waals surface area contributed by atoms with Crippen LogP contribution < -0.4 is 9.47 Å². The van der Waals surface area contributed by atoms with Gasteiger partial charge in [0.1, 0.15) is 27.2 Å². The third kappa shape index (κ3) is 3.41. The smallest absolute Gasteiger partial charge is 0.176 e. The van der Waals surface area contributed by atoms with Gasteiger partial charge in [0, 0.05) is 10.3 Å². The monoisotopic (exact) mass is 400 g/mol. The van der Waals surface area contributed by atoms with Crippen LogP contribution in [0.25, 0.3) is 10.2 Å². The third-order valence-corrected chi connectivity index (χ3v) is 6.85. The van der Waals surface area contributed by atoms with Gasteiger partial charge in [-0.05, 0) is 49.9 Å². The minimum atomic E-state index is -0.00737. The number of hydrogen-bond donors (Lipinski definition) is 0. The van der Waals surface area contributed by atoms with E-state index in [-0.39, 0.29) is 5.78 Å². The van der Waals surface area contributed by atoms with Crippen molar-refractivity contribution in [2.75, 3.05) is 20.0 Å². The Morgan fingerprint density at radius 2 is 2.07 bits per heavy atom. The number of thiophene rings is 1. The lowest BCUT2D eigenvalue weighted by Crippen LogP contribution is -2.06. The van der Waals surface area contributed by atoms with E-state index in [0.717, 1.165) is 33.9 Å². The van der Waals surface area contributed by atoms with E-state index in [0.29, 0.717) is 22.8 Å². The van der Waals surface area contributed by atoms with Gasteiger partial charge in [-0.15, -0.1) is 11.3 Å². The van der Waals surface area contributed by atoms with Gasteiger partial charge in [0.25, 0.3) is 0 Å². The number of carbonyl (C=O) groups is 1. The van der Waals surface area contributed by atoms with Gasteiger partial charge in [-0.1, -0.05) is 11.8 Å². The van der Waals surface area contributed by atoms with Gasteiger partial charge in [0.2, 0.25) is 0 Å². The highest BCUT2D eigenvalue weighted by molar-refractivity contribution is 8.00. The van der Waals surface area contributed by atoms with Crippen molar-refractivity contribution in [2.45, 2.75) is 31.2 Å². The lowest BCUT2D eigenvalue weighted by atomic mass is 10.1. The summed E-state index contributed by atoms with van der Waals surface area (Å²) in [6, 6.07) is 5.27. The summed E-state index contributed by atoms with van der Waals surface area (Å²) < 4.78 is 10.6. The maximum atomic E-state index is 12.9. The normalized spacial score (nSPS) is 13.0. The minimum absolute atomic E-state index is 0.00737. The number of fused-ring (bicyclic) bond motifs is 3. The van der Waals surface area contributed by atoms with E-state index in [4.69, 9.17) is 9.47 Å². The largest absolute Gasteiger partial charge is 0.497 e. The fraction of sp³-hybridized carbons (Fsp3) is 0.350. The molecule has 2 heterocycles. The van der Waals surface area contributed by atoms with Gasteiger partial charge >= 0.3 is 0 Å². The van der Waals surface area contributed by atoms with Gasteiger partial charge in [0.15, 0.2) is 5.78 Å². The predicted octanol–water partition coefficient (Wildman–Crippen LogP) is 4.48. The summed E-state index contributed by atoms with van der Waals surface area (Å²) in [5, 5.41) is 2.06. The molecule has 1 aliphatic rings. The second-order valence-electron chi connectivity index (χ2n) is 6.39. The van der Waals surface area contributed by atoms with Crippen LogP contribution in [-0.4, -0.2) is 35.7 Å². The molecule has 1 aromatic carbocycles. The summed E-state index contributed by atoms with van der Waals surface area (Å²) in [4.78, 5) is 24.6. The summed E-state index contributed by atoms with van der Waals surface area (Å²) in [6.45, 7) is 1.90. The molecule has 0 aliphatic heterocycles. The predicted molar refractivity (Wildman–Crippen MR) is 109 cm³/mol. The Labute approximate surface area is 166 Å². The molecule has 0 radical (unpaired) electrons. The fourth-order valence-corrected chi connectivity index (χ4v) is 5.77. The Morgan fingerprint density at radius 1 is 1.22 bits per heavy atom. The van der Waals surface area contributed by atoms with E-state index in [1.165, 1.54) is 28.6 Å². The van der Waals surface area contributed by atoms with Crippen LogP contribution in [-0.2, 0) is 12.8 Å². The molecule has 4 rings (SSSR count). The van der Waals surface area contributed by atoms with Crippen LogP contribution in [0.3, 0.4) is 0 Å². The number of methoxy groups -OCH3 is 2. The van der Waals surface area contributed by atoms with Crippen molar-refractivity contribution < 1.29 is 14.3 Å². The molecule has 7 heteroatoms. The molecule has 0 spiro atoms. The molecule has 1 aliphatic carbocycles. The molecule has 2 aromatic heterocycles. The van der Waals surface area contributed by atoms with Crippen LogP contribution in [0, 0.1) is 6.92 Å². The number of aromatic nitrogens is 2. The molecule has 0 saturated carbocycles. The van der Waals surface area contributed by atoms with Crippen LogP contribution in [0.2, 0.25) is 0 Å². The Bertz CT molecular complexity index is 1030. The average molecular weight is 401 g/mol. The Hall–Kier alpha value is -2.12. The van der Waals surface area contributed by atoms with Crippen molar-refractivity contribution in [3.63, 3.8) is 0 Å². The van der Waals surface area contributed by atoms with Gasteiger partial charge in [0.05, 0.1) is 25.5 Å². The molecular weight excluding hydrogens is 380 g/mol. The average Bonchev–Trinajstić information content (AvgIpc) is 3.25. The zero-order valence-electron chi connectivity index (χ0n) is 15.5. The summed E-state index contributed by atoms with van der Waals surface area (Å²) >= 11 is 3.25. The molecule has 140 valence electrons. The van der Waals surface area contributed by atoms with E-state index < -0.39 is 0 Å². The summed E-state index contributed by atoms with van der Waals surface area (Å²) in [6.07, 6.45) is 3.39. The first-order chi connectivity index (χ1) is 13.1. The molecule has 0 fully saturated rings. The van der Waals surface area contributed by atoms with Crippen LogP contribution in [0.5, 0.6) is 11.5 Å². The van der Waals surface area contributed by atoms with Crippen LogP contribution in [0.15, 0.2) is 23.2 Å². The highest BCUT2D eigenvalue weighted by atomic mass is 32.2. The molecule has 0 amide bonds. The molecule has 3 aromatic rings. The Kier molecular flexibility index (Phi) is 5.06. The molecule has 0 atom stereocenters. The number of Topliss-reactive ketones (excluding diaryl/α,β-unsaturated/α-hetero) is 1. The van der Waals surface area contributed by atoms with Crippen molar-refractivity contribution in [3.05, 3.63) is 40.0 Å². The number of nitrogens with zero attached hydrogens (tertiary/aromatic N) is 2. The van der Waals surface area contributed by atoms with E-state index in [9.17, 15) is 4.79 Å². The van der Waals surface area contributed by atoms with Crippen molar-refractivity contribution in [1.29, 1.82) is 0 Å². The highest BCUT2D eigenvalue weighted by Crippen LogP contribution is 2.40. The van der Waals surface area contributed by atoms with Gasteiger partial charge in [-0.3, -0.25) is 4.79 Å². The molecule has 0 unspecified atom stereocenters. The minimum Gasteiger partial charge on any atom is -0.497 e. The number of ketones is 1. The van der Waals surface area contributed by atoms with Crippen molar-refractivity contribution in [1.82, 2.24) is 9.97 Å². The van der Waals surface area contributed by atoms with E-state index >= 15 is 0 Å². The molecular formula is C20H20N2O3S2. The van der Waals surface area contributed by atoms with E-state index in [1.807, 2.05) is 6.92 Å². The fourth-order valence-electron chi connectivity index (χ4n) is 3.41. The molecule has 0 bridgehead atoms. The van der Waals surface area contributed by atoms with Crippen molar-refractivity contribution in [3.8, 4) is 11.5 Å². The summed E-state index contributed by atoms with van der Waals surface area (Å²) in [7, 11) is 3.15. The third-order valence-electron chi connectivity index (χ3n) is 4.69. The second-order valence-corrected chi connectivity index (χ2v) is 8.44. The lowest BCUT2D eigenvalue weighted by molar-refractivity contribution is 0.101. The lowest BCUT2D eigenvalue weighted by Gasteiger charge is -2.10. The number of aryl methyl sites for hydroxylation is 3. The van der Waals surface area contributed by atoms with Crippen LogP contribution in [0.1, 0.15) is 33.0 Å². The molecule has 0 saturated heterocycles. The first-order valence-corrected chi connectivity index (χ1v) is 10.6. The van der Waals surface area contributed by atoms with Gasteiger partial charge in [-0.2, -0.15) is 0 Å². The Balaban J connectivity index is 1.63. The quantitative estimate of drug-likeness (QED) is 0.345. The van der Waals surface area contributed by atoms with Crippen molar-refractivity contribution in [2.24, 2.45) is 0 Å². The molecule has 0 N–H and O–H groups in total. The Morgan fingerprint density at radius 3 is 2.85 bits per heavy atom. The van der Waals surface area contributed by atoms with Gasteiger partial charge < -0.3 is 9.47 Å². The second kappa shape index (κ2) is 7.48. The zero-order valence-corrected chi connectivity index (χ0v) is 17.1. The van der Waals surface area contributed by atoms with Crippen molar-refractivity contribution >= 4 is 39.1 Å². The summed E-state index contributed by atoms with van der Waals surface area (Å²) in [5.41, 5.74) is 1.91. The highest BCUT2D eigenvalue weighted by Gasteiger charge is 2.23. The van der Waals surface area contributed by atoms with E-state index in [2.05, 4.69) is 9.97 Å². The molecule has 5 nitrogen and oxygen atoms in total. The van der Waals surface area contributed by atoms with E-state index in [1.54, 1.807) is 43.8 Å². The number of benzene rings is 1. The molecule has 27 heavy (non-hydrogen) atoms. The number of hydrogen-bond acceptors (Lipinski definition) is 7. The number of rotatable bonds is 6. The first-order valence-electron chi connectivity index (χ1n) is 8.77.